The van der Waals surface area contributed by atoms with Crippen molar-refractivity contribution >= 4 is 10.0 Å². The third-order valence-corrected chi connectivity index (χ3v) is 8.75. The van der Waals surface area contributed by atoms with Gasteiger partial charge in [0.1, 0.15) is 11.6 Å². The first kappa shape index (κ1) is 27.9. The van der Waals surface area contributed by atoms with E-state index in [4.69, 9.17) is 4.98 Å². The number of sulfonamides is 1. The SMILES string of the molecule is CC[C@@H]1CC(C)(C)[C@@](C)(c2ccnc(-n3ccc(CNS(C)(=O)=O)n3)n2)c2nnc(-c3c(F)cccc3F)cc21. The molecule has 5 rings (SSSR count). The zero-order valence-electron chi connectivity index (χ0n) is 23.0. The van der Waals surface area contributed by atoms with Crippen LogP contribution in [0.5, 0.6) is 0 Å². The molecule has 3 heterocycles. The molecule has 0 saturated heterocycles. The third kappa shape index (κ3) is 4.90. The normalized spacial score (nSPS) is 20.3. The molecule has 1 aliphatic rings. The summed E-state index contributed by atoms with van der Waals surface area (Å²) in [5, 5.41) is 13.4. The van der Waals surface area contributed by atoms with Gasteiger partial charge in [-0.1, -0.05) is 26.8 Å². The maximum absolute atomic E-state index is 14.6. The number of aromatic nitrogens is 6. The van der Waals surface area contributed by atoms with Crippen LogP contribution < -0.4 is 4.72 Å². The first-order valence-electron chi connectivity index (χ1n) is 13.0. The van der Waals surface area contributed by atoms with Crippen molar-refractivity contribution in [3.63, 3.8) is 0 Å². The highest BCUT2D eigenvalue weighted by atomic mass is 32.2. The van der Waals surface area contributed by atoms with E-state index in [1.165, 1.54) is 22.9 Å². The van der Waals surface area contributed by atoms with E-state index in [0.717, 1.165) is 24.7 Å². The number of hydrogen-bond donors (Lipinski definition) is 1. The summed E-state index contributed by atoms with van der Waals surface area (Å²) in [5.41, 5.74) is 1.74. The highest BCUT2D eigenvalue weighted by Gasteiger charge is 2.52. The van der Waals surface area contributed by atoms with Gasteiger partial charge in [0.25, 0.3) is 5.95 Å². The zero-order chi connectivity index (χ0) is 28.9. The molecule has 0 amide bonds. The molecule has 0 bridgehead atoms. The van der Waals surface area contributed by atoms with Gasteiger partial charge in [0.2, 0.25) is 10.0 Å². The minimum absolute atomic E-state index is 0.0442. The van der Waals surface area contributed by atoms with Crippen molar-refractivity contribution in [2.75, 3.05) is 6.26 Å². The molecule has 4 aromatic rings. The second-order valence-electron chi connectivity index (χ2n) is 11.0. The van der Waals surface area contributed by atoms with Crippen LogP contribution >= 0.6 is 0 Å². The molecule has 0 radical (unpaired) electrons. The number of halogens is 2. The van der Waals surface area contributed by atoms with Gasteiger partial charge in [-0.3, -0.25) is 0 Å². The Balaban J connectivity index is 1.60. The average molecular weight is 568 g/mol. The van der Waals surface area contributed by atoms with Crippen LogP contribution in [0.3, 0.4) is 0 Å². The maximum Gasteiger partial charge on any atom is 0.250 e. The summed E-state index contributed by atoms with van der Waals surface area (Å²) < 4.78 is 56.1. The van der Waals surface area contributed by atoms with Gasteiger partial charge in [0, 0.05) is 12.4 Å². The summed E-state index contributed by atoms with van der Waals surface area (Å²) in [5.74, 6) is -0.948. The van der Waals surface area contributed by atoms with Gasteiger partial charge in [-0.2, -0.15) is 10.2 Å². The Kier molecular flexibility index (Phi) is 7.03. The van der Waals surface area contributed by atoms with Crippen LogP contribution in [-0.2, 0) is 22.0 Å². The lowest BCUT2D eigenvalue weighted by atomic mass is 9.54. The summed E-state index contributed by atoms with van der Waals surface area (Å²) >= 11 is 0. The molecule has 0 fully saturated rings. The quantitative estimate of drug-likeness (QED) is 0.345. The van der Waals surface area contributed by atoms with Gasteiger partial charge in [-0.25, -0.2) is 36.6 Å². The van der Waals surface area contributed by atoms with Crippen molar-refractivity contribution in [1.82, 2.24) is 34.7 Å². The fraction of sp³-hybridized carbons (Fsp3) is 0.393. The molecule has 3 aromatic heterocycles. The van der Waals surface area contributed by atoms with Gasteiger partial charge < -0.3 is 0 Å². The summed E-state index contributed by atoms with van der Waals surface area (Å²) in [6.07, 6.45) is 6.02. The first-order valence-corrected chi connectivity index (χ1v) is 14.9. The predicted molar refractivity (Wildman–Crippen MR) is 146 cm³/mol. The van der Waals surface area contributed by atoms with Gasteiger partial charge in [-0.05, 0) is 67.0 Å². The molecule has 0 saturated carbocycles. The topological polar surface area (TPSA) is 116 Å². The number of rotatable bonds is 7. The highest BCUT2D eigenvalue weighted by Crippen LogP contribution is 2.56. The van der Waals surface area contributed by atoms with Crippen LogP contribution in [0.2, 0.25) is 0 Å². The number of nitrogens with zero attached hydrogens (tertiary/aromatic N) is 6. The van der Waals surface area contributed by atoms with Crippen LogP contribution in [0.15, 0.2) is 48.8 Å². The average Bonchev–Trinajstić information content (AvgIpc) is 3.38. The van der Waals surface area contributed by atoms with Crippen molar-refractivity contribution in [2.45, 2.75) is 58.4 Å². The Morgan fingerprint density at radius 3 is 2.50 bits per heavy atom. The van der Waals surface area contributed by atoms with Crippen molar-refractivity contribution in [1.29, 1.82) is 0 Å². The molecule has 0 unspecified atom stereocenters. The second-order valence-corrected chi connectivity index (χ2v) is 12.9. The highest BCUT2D eigenvalue weighted by molar-refractivity contribution is 7.88. The summed E-state index contributed by atoms with van der Waals surface area (Å²) in [7, 11) is -3.37. The molecule has 1 aromatic carbocycles. The number of benzene rings is 1. The Morgan fingerprint density at radius 2 is 1.82 bits per heavy atom. The number of nitrogens with one attached hydrogen (secondary N) is 1. The van der Waals surface area contributed by atoms with Crippen LogP contribution in [-0.4, -0.2) is 44.6 Å². The van der Waals surface area contributed by atoms with E-state index in [1.807, 2.05) is 6.07 Å². The lowest BCUT2D eigenvalue weighted by Gasteiger charge is -2.50. The van der Waals surface area contributed by atoms with Gasteiger partial charge >= 0.3 is 0 Å². The second kappa shape index (κ2) is 10.1. The first-order chi connectivity index (χ1) is 18.8. The van der Waals surface area contributed by atoms with E-state index in [1.54, 1.807) is 24.5 Å². The standard InChI is InChI=1S/C28H31F2N7O2S/c1-6-17-15-27(2,3)28(4,25-19(17)14-22(34-35-25)24-20(29)8-7-9-21(24)30)23-10-12-31-26(33-23)37-13-11-18(36-37)16-32-40(5,38)39/h7-14,17,32H,6,15-16H2,1-5H3/t17-,28+/m1/s1. The predicted octanol–water partition coefficient (Wildman–Crippen LogP) is 4.68. The maximum atomic E-state index is 14.6. The molecule has 210 valence electrons. The molecule has 40 heavy (non-hydrogen) atoms. The summed E-state index contributed by atoms with van der Waals surface area (Å²) in [4.78, 5) is 9.27. The minimum Gasteiger partial charge on any atom is -0.220 e. The van der Waals surface area contributed by atoms with Crippen LogP contribution in [0.4, 0.5) is 8.78 Å². The van der Waals surface area contributed by atoms with E-state index in [-0.39, 0.29) is 29.1 Å². The van der Waals surface area contributed by atoms with E-state index in [0.29, 0.717) is 23.0 Å². The summed E-state index contributed by atoms with van der Waals surface area (Å²) in [6.45, 7) is 8.52. The summed E-state index contributed by atoms with van der Waals surface area (Å²) in [6, 6.07) is 9.04. The largest absolute Gasteiger partial charge is 0.250 e. The van der Waals surface area contributed by atoms with E-state index >= 15 is 0 Å². The third-order valence-electron chi connectivity index (χ3n) is 8.08. The van der Waals surface area contributed by atoms with Crippen LogP contribution in [0.1, 0.15) is 69.1 Å². The molecular weight excluding hydrogens is 536 g/mol. The molecule has 12 heteroatoms. The van der Waals surface area contributed by atoms with Gasteiger partial charge in [0.05, 0.1) is 46.6 Å². The monoisotopic (exact) mass is 567 g/mol. The van der Waals surface area contributed by atoms with Crippen LogP contribution in [0, 0.1) is 17.0 Å². The van der Waals surface area contributed by atoms with E-state index in [2.05, 4.69) is 52.7 Å². The molecule has 2 atom stereocenters. The molecule has 1 N–H and O–H groups in total. The van der Waals surface area contributed by atoms with E-state index in [9.17, 15) is 17.2 Å². The van der Waals surface area contributed by atoms with Crippen LogP contribution in [0.25, 0.3) is 17.2 Å². The Bertz CT molecular complexity index is 1670. The zero-order valence-corrected chi connectivity index (χ0v) is 23.8. The molecule has 0 spiro atoms. The molecular formula is C28H31F2N7O2S. The minimum atomic E-state index is -3.37. The molecule has 1 aliphatic carbocycles. The van der Waals surface area contributed by atoms with E-state index < -0.39 is 27.1 Å². The number of fused-ring (bicyclic) bond motifs is 1. The van der Waals surface area contributed by atoms with Gasteiger partial charge in [-0.15, -0.1) is 5.10 Å². The fourth-order valence-corrected chi connectivity index (χ4v) is 5.97. The van der Waals surface area contributed by atoms with Crippen molar-refractivity contribution in [3.8, 4) is 17.2 Å². The molecule has 0 aliphatic heterocycles. The van der Waals surface area contributed by atoms with Crippen molar-refractivity contribution < 1.29 is 17.2 Å². The lowest BCUT2D eigenvalue weighted by molar-refractivity contribution is 0.152. The number of hydrogen-bond acceptors (Lipinski definition) is 7. The fourth-order valence-electron chi connectivity index (χ4n) is 5.56. The smallest absolute Gasteiger partial charge is 0.220 e. The van der Waals surface area contributed by atoms with Gasteiger partial charge in [0.15, 0.2) is 0 Å². The van der Waals surface area contributed by atoms with Crippen molar-refractivity contribution in [3.05, 3.63) is 83.1 Å². The van der Waals surface area contributed by atoms with Crippen molar-refractivity contribution in [2.24, 2.45) is 5.41 Å². The lowest BCUT2D eigenvalue weighted by Crippen LogP contribution is -2.47. The Hall–Kier alpha value is -3.64. The Labute approximate surface area is 232 Å². The molecule has 9 nitrogen and oxygen atoms in total. The Morgan fingerprint density at radius 1 is 1.10 bits per heavy atom.